The lowest BCUT2D eigenvalue weighted by molar-refractivity contribution is -0.134. The third-order valence-corrected chi connectivity index (χ3v) is 6.15. The van der Waals surface area contributed by atoms with E-state index < -0.39 is 5.97 Å². The second kappa shape index (κ2) is 11.3. The fourth-order valence-electron chi connectivity index (χ4n) is 4.34. The lowest BCUT2D eigenvalue weighted by Crippen LogP contribution is -2.27. The standard InChI is InChI=1S/C29H29NO4/c31-28(19-16-21-8-4-5-9-21)30-26(29(32)33)20-22-14-17-24(18-15-22)34-27-13-7-6-12-25(27)23-10-2-1-3-11-23/h1-3,6-7,10-15,17-18,20-21H,4-5,8-9,16,19H2,(H,30,31)(H,32,33)/b26-20+. The molecular weight excluding hydrogens is 426 g/mol. The van der Waals surface area contributed by atoms with Crippen LogP contribution in [0, 0.1) is 5.92 Å². The Balaban J connectivity index is 1.42. The first-order valence-electron chi connectivity index (χ1n) is 11.8. The zero-order chi connectivity index (χ0) is 23.8. The van der Waals surface area contributed by atoms with Crippen molar-refractivity contribution in [2.24, 2.45) is 5.92 Å². The molecule has 0 spiro atoms. The highest BCUT2D eigenvalue weighted by molar-refractivity contribution is 5.96. The molecular formula is C29H29NO4. The molecule has 1 saturated carbocycles. The fourth-order valence-corrected chi connectivity index (χ4v) is 4.34. The lowest BCUT2D eigenvalue weighted by atomic mass is 10.0. The number of carboxylic acids is 1. The minimum Gasteiger partial charge on any atom is -0.477 e. The summed E-state index contributed by atoms with van der Waals surface area (Å²) in [6, 6.07) is 25.0. The normalized spacial score (nSPS) is 14.1. The van der Waals surface area contributed by atoms with Gasteiger partial charge in [0.25, 0.3) is 0 Å². The van der Waals surface area contributed by atoms with Crippen LogP contribution in [0.5, 0.6) is 11.5 Å². The Morgan fingerprint density at radius 1 is 0.912 bits per heavy atom. The van der Waals surface area contributed by atoms with Crippen molar-refractivity contribution in [3.63, 3.8) is 0 Å². The summed E-state index contributed by atoms with van der Waals surface area (Å²) in [5.74, 6) is 0.544. The smallest absolute Gasteiger partial charge is 0.352 e. The Bertz CT molecular complexity index is 1150. The Hall–Kier alpha value is -3.86. The molecule has 5 heteroatoms. The van der Waals surface area contributed by atoms with E-state index in [4.69, 9.17) is 4.74 Å². The van der Waals surface area contributed by atoms with Gasteiger partial charge in [0.2, 0.25) is 5.91 Å². The molecule has 0 radical (unpaired) electrons. The predicted molar refractivity (Wildman–Crippen MR) is 133 cm³/mol. The summed E-state index contributed by atoms with van der Waals surface area (Å²) >= 11 is 0. The molecule has 0 bridgehead atoms. The largest absolute Gasteiger partial charge is 0.477 e. The first kappa shape index (κ1) is 23.3. The topological polar surface area (TPSA) is 75.6 Å². The summed E-state index contributed by atoms with van der Waals surface area (Å²) in [6.45, 7) is 0. The zero-order valence-corrected chi connectivity index (χ0v) is 19.1. The van der Waals surface area contributed by atoms with Crippen molar-refractivity contribution in [3.05, 3.63) is 90.1 Å². The molecule has 0 heterocycles. The van der Waals surface area contributed by atoms with Crippen LogP contribution in [0.1, 0.15) is 44.1 Å². The van der Waals surface area contributed by atoms with Gasteiger partial charge in [0.15, 0.2) is 0 Å². The van der Waals surface area contributed by atoms with Crippen LogP contribution in [0.25, 0.3) is 17.2 Å². The number of para-hydroxylation sites is 1. The minimum atomic E-state index is -1.16. The summed E-state index contributed by atoms with van der Waals surface area (Å²) < 4.78 is 6.11. The molecule has 34 heavy (non-hydrogen) atoms. The number of benzene rings is 3. The number of ether oxygens (including phenoxy) is 1. The van der Waals surface area contributed by atoms with E-state index in [1.54, 1.807) is 24.3 Å². The second-order valence-corrected chi connectivity index (χ2v) is 8.63. The fraction of sp³-hybridized carbons (Fsp3) is 0.241. The van der Waals surface area contributed by atoms with Gasteiger partial charge in [-0.05, 0) is 47.7 Å². The van der Waals surface area contributed by atoms with Gasteiger partial charge in [0, 0.05) is 12.0 Å². The molecule has 0 aliphatic heterocycles. The van der Waals surface area contributed by atoms with Crippen LogP contribution in [0.15, 0.2) is 84.6 Å². The van der Waals surface area contributed by atoms with Crippen LogP contribution in [-0.2, 0) is 9.59 Å². The minimum absolute atomic E-state index is 0.125. The van der Waals surface area contributed by atoms with Crippen LogP contribution in [0.4, 0.5) is 0 Å². The van der Waals surface area contributed by atoms with Crippen molar-refractivity contribution >= 4 is 18.0 Å². The number of aliphatic carboxylic acids is 1. The third kappa shape index (κ3) is 6.35. The SMILES string of the molecule is O=C(CCC1CCCC1)N/C(=C/c1ccc(Oc2ccccc2-c2ccccc2)cc1)C(=O)O. The molecule has 0 atom stereocenters. The number of carbonyl (C=O) groups excluding carboxylic acids is 1. The van der Waals surface area contributed by atoms with Crippen LogP contribution >= 0.6 is 0 Å². The van der Waals surface area contributed by atoms with E-state index >= 15 is 0 Å². The van der Waals surface area contributed by atoms with Crippen molar-refractivity contribution in [2.45, 2.75) is 38.5 Å². The Morgan fingerprint density at radius 2 is 1.59 bits per heavy atom. The van der Waals surface area contributed by atoms with Gasteiger partial charge in [-0.1, -0.05) is 86.3 Å². The highest BCUT2D eigenvalue weighted by atomic mass is 16.5. The molecule has 1 aliphatic carbocycles. The summed E-state index contributed by atoms with van der Waals surface area (Å²) in [6.07, 6.45) is 7.42. The number of carbonyl (C=O) groups is 2. The molecule has 2 N–H and O–H groups in total. The Morgan fingerprint density at radius 3 is 2.29 bits per heavy atom. The average molecular weight is 456 g/mol. The molecule has 4 rings (SSSR count). The van der Waals surface area contributed by atoms with Crippen molar-refractivity contribution < 1.29 is 19.4 Å². The molecule has 0 unspecified atom stereocenters. The van der Waals surface area contributed by atoms with Crippen LogP contribution < -0.4 is 10.1 Å². The van der Waals surface area contributed by atoms with Crippen molar-refractivity contribution in [2.75, 3.05) is 0 Å². The molecule has 0 saturated heterocycles. The lowest BCUT2D eigenvalue weighted by Gasteiger charge is -2.12. The molecule has 1 aliphatic rings. The summed E-state index contributed by atoms with van der Waals surface area (Å²) in [4.78, 5) is 23.9. The monoisotopic (exact) mass is 455 g/mol. The van der Waals surface area contributed by atoms with Gasteiger partial charge in [-0.3, -0.25) is 4.79 Å². The van der Waals surface area contributed by atoms with E-state index in [2.05, 4.69) is 5.32 Å². The number of amides is 1. The van der Waals surface area contributed by atoms with Crippen LogP contribution in [-0.4, -0.2) is 17.0 Å². The number of rotatable bonds is 9. The molecule has 3 aromatic carbocycles. The van der Waals surface area contributed by atoms with E-state index in [1.165, 1.54) is 31.8 Å². The van der Waals surface area contributed by atoms with Gasteiger partial charge in [0.05, 0.1) is 0 Å². The van der Waals surface area contributed by atoms with Crippen molar-refractivity contribution in [1.29, 1.82) is 0 Å². The molecule has 3 aromatic rings. The highest BCUT2D eigenvalue weighted by Gasteiger charge is 2.18. The molecule has 5 nitrogen and oxygen atoms in total. The van der Waals surface area contributed by atoms with Crippen LogP contribution in [0.3, 0.4) is 0 Å². The Labute approximate surface area is 200 Å². The summed E-state index contributed by atoms with van der Waals surface area (Å²) in [5.41, 5.74) is 2.59. The summed E-state index contributed by atoms with van der Waals surface area (Å²) in [5, 5.41) is 12.1. The predicted octanol–water partition coefficient (Wildman–Crippen LogP) is 6.66. The van der Waals surface area contributed by atoms with Gasteiger partial charge in [0.1, 0.15) is 17.2 Å². The van der Waals surface area contributed by atoms with Crippen molar-refractivity contribution in [3.8, 4) is 22.6 Å². The summed E-state index contributed by atoms with van der Waals surface area (Å²) in [7, 11) is 0. The number of nitrogens with one attached hydrogen (secondary N) is 1. The number of hydrogen-bond donors (Lipinski definition) is 2. The molecule has 1 fully saturated rings. The van der Waals surface area contributed by atoms with Gasteiger partial charge < -0.3 is 15.2 Å². The third-order valence-electron chi connectivity index (χ3n) is 6.15. The van der Waals surface area contributed by atoms with Crippen molar-refractivity contribution in [1.82, 2.24) is 5.32 Å². The van der Waals surface area contributed by atoms with E-state index in [0.29, 0.717) is 23.7 Å². The molecule has 174 valence electrons. The number of hydrogen-bond acceptors (Lipinski definition) is 3. The van der Waals surface area contributed by atoms with E-state index in [1.807, 2.05) is 54.6 Å². The van der Waals surface area contributed by atoms with E-state index in [0.717, 1.165) is 23.3 Å². The maximum absolute atomic E-state index is 12.3. The first-order valence-corrected chi connectivity index (χ1v) is 11.8. The second-order valence-electron chi connectivity index (χ2n) is 8.63. The first-order chi connectivity index (χ1) is 16.6. The van der Waals surface area contributed by atoms with Gasteiger partial charge >= 0.3 is 5.97 Å². The van der Waals surface area contributed by atoms with E-state index in [9.17, 15) is 14.7 Å². The number of carboxylic acid groups (broad SMARTS) is 1. The highest BCUT2D eigenvalue weighted by Crippen LogP contribution is 2.33. The van der Waals surface area contributed by atoms with Gasteiger partial charge in [-0.15, -0.1) is 0 Å². The maximum Gasteiger partial charge on any atom is 0.352 e. The molecule has 1 amide bonds. The zero-order valence-electron chi connectivity index (χ0n) is 19.1. The molecule has 0 aromatic heterocycles. The Kier molecular flexibility index (Phi) is 7.76. The van der Waals surface area contributed by atoms with Gasteiger partial charge in [-0.25, -0.2) is 4.79 Å². The average Bonchev–Trinajstić information content (AvgIpc) is 3.38. The van der Waals surface area contributed by atoms with Crippen LogP contribution in [0.2, 0.25) is 0 Å². The van der Waals surface area contributed by atoms with E-state index in [-0.39, 0.29) is 11.6 Å². The quantitative estimate of drug-likeness (QED) is 0.354. The maximum atomic E-state index is 12.3. The van der Waals surface area contributed by atoms with Gasteiger partial charge in [-0.2, -0.15) is 0 Å².